The summed E-state index contributed by atoms with van der Waals surface area (Å²) in [4.78, 5) is 6.94. The molecule has 3 rings (SSSR count). The van der Waals surface area contributed by atoms with E-state index in [9.17, 15) is 0 Å². The van der Waals surface area contributed by atoms with Crippen LogP contribution in [0.5, 0.6) is 0 Å². The summed E-state index contributed by atoms with van der Waals surface area (Å²) in [5, 5.41) is 3.43. The van der Waals surface area contributed by atoms with Crippen LogP contribution in [0.25, 0.3) is 22.6 Å². The molecule has 0 radical (unpaired) electrons. The largest absolute Gasteiger partial charge is 0.440 e. The highest BCUT2D eigenvalue weighted by Gasteiger charge is 2.16. The molecule has 0 bridgehead atoms. The lowest BCUT2D eigenvalue weighted by atomic mass is 10.1. The predicted molar refractivity (Wildman–Crippen MR) is 117 cm³/mol. The summed E-state index contributed by atoms with van der Waals surface area (Å²) < 4.78 is 6.12. The summed E-state index contributed by atoms with van der Waals surface area (Å²) in [7, 11) is 4.15. The van der Waals surface area contributed by atoms with E-state index in [1.807, 2.05) is 36.4 Å². The van der Waals surface area contributed by atoms with Gasteiger partial charge in [0.05, 0.1) is 0 Å². The van der Waals surface area contributed by atoms with E-state index in [2.05, 4.69) is 48.6 Å². The first-order valence-corrected chi connectivity index (χ1v) is 8.70. The standard InChI is InChI=1S/C21H25N3O.2ClH/c1-24(2)16-15-22-14-13-19-23-20(17-9-5-3-6-10-17)21(25-19)18-11-7-4-8-12-18;;/h3-12,22H,13-16H2,1-2H3;2*1H. The van der Waals surface area contributed by atoms with Crippen molar-refractivity contribution in [3.05, 3.63) is 66.6 Å². The van der Waals surface area contributed by atoms with Crippen LogP contribution in [0, 0.1) is 0 Å². The zero-order valence-corrected chi connectivity index (χ0v) is 17.4. The van der Waals surface area contributed by atoms with Gasteiger partial charge in [0.2, 0.25) is 0 Å². The van der Waals surface area contributed by atoms with Crippen LogP contribution in [0.2, 0.25) is 0 Å². The maximum atomic E-state index is 6.12. The van der Waals surface area contributed by atoms with Crippen LogP contribution < -0.4 is 5.32 Å². The first-order valence-electron chi connectivity index (χ1n) is 8.70. The molecule has 0 unspecified atom stereocenters. The minimum absolute atomic E-state index is 0. The molecule has 1 N–H and O–H groups in total. The second-order valence-corrected chi connectivity index (χ2v) is 6.32. The SMILES string of the molecule is CN(C)CCNCCc1nc(-c2ccccc2)c(-c2ccccc2)o1.Cl.Cl. The third-order valence-corrected chi connectivity index (χ3v) is 4.01. The lowest BCUT2D eigenvalue weighted by Gasteiger charge is -2.09. The van der Waals surface area contributed by atoms with E-state index < -0.39 is 0 Å². The molecule has 1 heterocycles. The highest BCUT2D eigenvalue weighted by molar-refractivity contribution is 5.85. The first kappa shape index (κ1) is 23.2. The topological polar surface area (TPSA) is 41.3 Å². The van der Waals surface area contributed by atoms with Gasteiger partial charge in [-0.15, -0.1) is 24.8 Å². The second kappa shape index (κ2) is 11.8. The van der Waals surface area contributed by atoms with Gasteiger partial charge in [-0.3, -0.25) is 0 Å². The minimum Gasteiger partial charge on any atom is -0.440 e. The predicted octanol–water partition coefficient (Wildman–Crippen LogP) is 4.55. The average Bonchev–Trinajstić information content (AvgIpc) is 3.07. The normalized spacial score (nSPS) is 10.3. The Morgan fingerprint density at radius 3 is 2.04 bits per heavy atom. The molecule has 0 spiro atoms. The number of benzene rings is 2. The zero-order valence-electron chi connectivity index (χ0n) is 15.7. The molecule has 0 amide bonds. The van der Waals surface area contributed by atoms with Crippen molar-refractivity contribution in [1.82, 2.24) is 15.2 Å². The summed E-state index contributed by atoms with van der Waals surface area (Å²) in [5.74, 6) is 1.62. The van der Waals surface area contributed by atoms with Gasteiger partial charge < -0.3 is 14.6 Å². The number of halogens is 2. The van der Waals surface area contributed by atoms with Gasteiger partial charge in [0.25, 0.3) is 0 Å². The van der Waals surface area contributed by atoms with Crippen LogP contribution >= 0.6 is 24.8 Å². The number of oxazole rings is 1. The maximum absolute atomic E-state index is 6.12. The van der Waals surface area contributed by atoms with Crippen molar-refractivity contribution in [3.8, 4) is 22.6 Å². The molecule has 27 heavy (non-hydrogen) atoms. The van der Waals surface area contributed by atoms with Crippen LogP contribution in [-0.2, 0) is 6.42 Å². The van der Waals surface area contributed by atoms with Gasteiger partial charge in [0.15, 0.2) is 11.7 Å². The zero-order chi connectivity index (χ0) is 17.5. The van der Waals surface area contributed by atoms with Crippen molar-refractivity contribution < 1.29 is 4.42 Å². The molecule has 6 heteroatoms. The molecular formula is C21H27Cl2N3O. The smallest absolute Gasteiger partial charge is 0.196 e. The fraction of sp³-hybridized carbons (Fsp3) is 0.286. The molecule has 2 aromatic carbocycles. The lowest BCUT2D eigenvalue weighted by Crippen LogP contribution is -2.27. The molecule has 0 aliphatic heterocycles. The highest BCUT2D eigenvalue weighted by Crippen LogP contribution is 2.32. The van der Waals surface area contributed by atoms with Crippen molar-refractivity contribution in [3.63, 3.8) is 0 Å². The van der Waals surface area contributed by atoms with E-state index in [0.717, 1.165) is 54.5 Å². The van der Waals surface area contributed by atoms with Gasteiger partial charge in [-0.2, -0.15) is 0 Å². The molecule has 3 aromatic rings. The Kier molecular flexibility index (Phi) is 10.1. The summed E-state index contributed by atoms with van der Waals surface area (Å²) in [6.07, 6.45) is 0.778. The maximum Gasteiger partial charge on any atom is 0.196 e. The van der Waals surface area contributed by atoms with Crippen molar-refractivity contribution in [2.45, 2.75) is 6.42 Å². The Morgan fingerprint density at radius 2 is 1.44 bits per heavy atom. The second-order valence-electron chi connectivity index (χ2n) is 6.32. The number of hydrogen-bond donors (Lipinski definition) is 1. The summed E-state index contributed by atoms with van der Waals surface area (Å²) in [6.45, 7) is 2.84. The fourth-order valence-corrected chi connectivity index (χ4v) is 2.67. The van der Waals surface area contributed by atoms with Crippen LogP contribution in [0.15, 0.2) is 65.1 Å². The molecule has 0 saturated heterocycles. The molecule has 4 nitrogen and oxygen atoms in total. The molecule has 1 aromatic heterocycles. The van der Waals surface area contributed by atoms with Crippen molar-refractivity contribution in [1.29, 1.82) is 0 Å². The Hall–Kier alpha value is -1.85. The van der Waals surface area contributed by atoms with Crippen molar-refractivity contribution in [2.75, 3.05) is 33.7 Å². The molecular weight excluding hydrogens is 381 g/mol. The van der Waals surface area contributed by atoms with Crippen LogP contribution in [0.1, 0.15) is 5.89 Å². The number of nitrogens with zero attached hydrogens (tertiary/aromatic N) is 2. The summed E-state index contributed by atoms with van der Waals surface area (Å²) >= 11 is 0. The molecule has 0 aliphatic rings. The Balaban J connectivity index is 0.00000182. The van der Waals surface area contributed by atoms with Crippen LogP contribution in [-0.4, -0.2) is 43.6 Å². The Morgan fingerprint density at radius 1 is 0.852 bits per heavy atom. The third kappa shape index (κ3) is 6.67. The third-order valence-electron chi connectivity index (χ3n) is 4.01. The van der Waals surface area contributed by atoms with Gasteiger partial charge in [0, 0.05) is 37.2 Å². The Labute approximate surface area is 173 Å². The van der Waals surface area contributed by atoms with Gasteiger partial charge in [-0.1, -0.05) is 60.7 Å². The monoisotopic (exact) mass is 407 g/mol. The number of rotatable bonds is 8. The van der Waals surface area contributed by atoms with Gasteiger partial charge in [0.1, 0.15) is 5.69 Å². The molecule has 0 saturated carbocycles. The Bertz CT molecular complexity index is 720. The van der Waals surface area contributed by atoms with Crippen LogP contribution in [0.3, 0.4) is 0 Å². The van der Waals surface area contributed by atoms with E-state index in [0.29, 0.717) is 0 Å². The first-order chi connectivity index (χ1) is 12.2. The summed E-state index contributed by atoms with van der Waals surface area (Å²) in [5.41, 5.74) is 3.05. The molecule has 0 atom stereocenters. The minimum atomic E-state index is 0. The number of aromatic nitrogens is 1. The fourth-order valence-electron chi connectivity index (χ4n) is 2.67. The van der Waals surface area contributed by atoms with E-state index in [4.69, 9.17) is 9.40 Å². The van der Waals surface area contributed by atoms with E-state index in [1.54, 1.807) is 0 Å². The molecule has 146 valence electrons. The molecule has 0 fully saturated rings. The number of likely N-dealkylation sites (N-methyl/N-ethyl adjacent to an activating group) is 1. The van der Waals surface area contributed by atoms with E-state index >= 15 is 0 Å². The van der Waals surface area contributed by atoms with Crippen molar-refractivity contribution >= 4 is 24.8 Å². The van der Waals surface area contributed by atoms with Gasteiger partial charge >= 0.3 is 0 Å². The quantitative estimate of drug-likeness (QED) is 0.556. The number of hydrogen-bond acceptors (Lipinski definition) is 4. The highest BCUT2D eigenvalue weighted by atomic mass is 35.5. The molecule has 0 aliphatic carbocycles. The number of nitrogens with one attached hydrogen (secondary N) is 1. The lowest BCUT2D eigenvalue weighted by molar-refractivity contribution is 0.398. The summed E-state index contributed by atoms with van der Waals surface area (Å²) in [6, 6.07) is 20.4. The van der Waals surface area contributed by atoms with E-state index in [1.165, 1.54) is 0 Å². The average molecular weight is 408 g/mol. The van der Waals surface area contributed by atoms with Crippen LogP contribution in [0.4, 0.5) is 0 Å². The van der Waals surface area contributed by atoms with Gasteiger partial charge in [-0.25, -0.2) is 4.98 Å². The van der Waals surface area contributed by atoms with E-state index in [-0.39, 0.29) is 24.8 Å². The van der Waals surface area contributed by atoms with Gasteiger partial charge in [-0.05, 0) is 14.1 Å². The van der Waals surface area contributed by atoms with Crippen molar-refractivity contribution in [2.24, 2.45) is 0 Å².